The zero-order chi connectivity index (χ0) is 9.84. The first-order valence-electron chi connectivity index (χ1n) is 4.36. The molecule has 13 heavy (non-hydrogen) atoms. The van der Waals surface area contributed by atoms with E-state index in [0.29, 0.717) is 4.47 Å². The van der Waals surface area contributed by atoms with Gasteiger partial charge in [-0.05, 0) is 34.0 Å². The molecule has 0 aliphatic heterocycles. The summed E-state index contributed by atoms with van der Waals surface area (Å²) in [5, 5.41) is 0. The highest BCUT2D eigenvalue weighted by atomic mass is 79.9. The van der Waals surface area contributed by atoms with Crippen molar-refractivity contribution in [1.82, 2.24) is 0 Å². The Morgan fingerprint density at radius 2 is 2.23 bits per heavy atom. The molecule has 0 saturated heterocycles. The normalized spacial score (nSPS) is 12.9. The summed E-state index contributed by atoms with van der Waals surface area (Å²) in [7, 11) is 0. The monoisotopic (exact) mass is 245 g/mol. The standard InChI is InChI=1S/C10H13BrFN/c1-2-4-9(13)7-5-3-6-8(12)10(7)11/h3,5-6,9H,2,4,13H2,1H3/t9-/m1/s1. The molecule has 0 amide bonds. The Labute approximate surface area is 86.3 Å². The van der Waals surface area contributed by atoms with E-state index < -0.39 is 0 Å². The molecule has 2 N–H and O–H groups in total. The van der Waals surface area contributed by atoms with Crippen LogP contribution in [0.5, 0.6) is 0 Å². The molecule has 0 aromatic heterocycles. The van der Waals surface area contributed by atoms with Gasteiger partial charge in [0.1, 0.15) is 5.82 Å². The lowest BCUT2D eigenvalue weighted by Gasteiger charge is -2.12. The summed E-state index contributed by atoms with van der Waals surface area (Å²) >= 11 is 3.20. The van der Waals surface area contributed by atoms with E-state index in [4.69, 9.17) is 5.73 Å². The molecule has 0 spiro atoms. The van der Waals surface area contributed by atoms with Gasteiger partial charge in [0.25, 0.3) is 0 Å². The van der Waals surface area contributed by atoms with Crippen molar-refractivity contribution in [3.05, 3.63) is 34.1 Å². The zero-order valence-electron chi connectivity index (χ0n) is 7.56. The van der Waals surface area contributed by atoms with E-state index in [-0.39, 0.29) is 11.9 Å². The van der Waals surface area contributed by atoms with Gasteiger partial charge >= 0.3 is 0 Å². The number of hydrogen-bond acceptors (Lipinski definition) is 1. The molecule has 0 aliphatic rings. The first kappa shape index (κ1) is 10.7. The highest BCUT2D eigenvalue weighted by molar-refractivity contribution is 9.10. The van der Waals surface area contributed by atoms with Gasteiger partial charge in [0.2, 0.25) is 0 Å². The Morgan fingerprint density at radius 1 is 1.54 bits per heavy atom. The Hall–Kier alpha value is -0.410. The van der Waals surface area contributed by atoms with Crippen molar-refractivity contribution in [2.75, 3.05) is 0 Å². The van der Waals surface area contributed by atoms with Gasteiger partial charge in [-0.3, -0.25) is 0 Å². The second-order valence-electron chi connectivity index (χ2n) is 3.04. The van der Waals surface area contributed by atoms with Gasteiger partial charge in [-0.1, -0.05) is 25.5 Å². The van der Waals surface area contributed by atoms with E-state index in [1.54, 1.807) is 6.07 Å². The number of hydrogen-bond donors (Lipinski definition) is 1. The van der Waals surface area contributed by atoms with Gasteiger partial charge < -0.3 is 5.73 Å². The lowest BCUT2D eigenvalue weighted by Crippen LogP contribution is -2.10. The Bertz CT molecular complexity index is 288. The largest absolute Gasteiger partial charge is 0.324 e. The molecule has 1 aromatic carbocycles. The number of rotatable bonds is 3. The fourth-order valence-electron chi connectivity index (χ4n) is 1.27. The maximum Gasteiger partial charge on any atom is 0.137 e. The average Bonchev–Trinajstić information content (AvgIpc) is 2.10. The molecule has 0 radical (unpaired) electrons. The van der Waals surface area contributed by atoms with Crippen molar-refractivity contribution >= 4 is 15.9 Å². The third-order valence-electron chi connectivity index (χ3n) is 1.98. The molecule has 1 atom stereocenters. The van der Waals surface area contributed by atoms with Crippen LogP contribution in [0.15, 0.2) is 22.7 Å². The van der Waals surface area contributed by atoms with Crippen molar-refractivity contribution in [2.45, 2.75) is 25.8 Å². The van der Waals surface area contributed by atoms with E-state index in [9.17, 15) is 4.39 Å². The van der Waals surface area contributed by atoms with Crippen LogP contribution < -0.4 is 5.73 Å². The van der Waals surface area contributed by atoms with Crippen LogP contribution in [0.2, 0.25) is 0 Å². The highest BCUT2D eigenvalue weighted by Crippen LogP contribution is 2.26. The second kappa shape index (κ2) is 4.72. The molecule has 3 heteroatoms. The zero-order valence-corrected chi connectivity index (χ0v) is 9.14. The number of halogens is 2. The van der Waals surface area contributed by atoms with Crippen molar-refractivity contribution in [2.24, 2.45) is 5.73 Å². The Balaban J connectivity index is 2.93. The first-order chi connectivity index (χ1) is 6.16. The number of benzene rings is 1. The van der Waals surface area contributed by atoms with Crippen molar-refractivity contribution < 1.29 is 4.39 Å². The molecule has 0 bridgehead atoms. The third-order valence-corrected chi connectivity index (χ3v) is 2.82. The smallest absolute Gasteiger partial charge is 0.137 e. The summed E-state index contributed by atoms with van der Waals surface area (Å²) in [6.07, 6.45) is 1.88. The van der Waals surface area contributed by atoms with Crippen LogP contribution >= 0.6 is 15.9 Å². The average molecular weight is 246 g/mol. The lowest BCUT2D eigenvalue weighted by molar-refractivity contribution is 0.597. The maximum atomic E-state index is 13.1. The molecule has 0 heterocycles. The van der Waals surface area contributed by atoms with Crippen LogP contribution in [0.25, 0.3) is 0 Å². The van der Waals surface area contributed by atoms with E-state index in [1.165, 1.54) is 6.07 Å². The van der Waals surface area contributed by atoms with Gasteiger partial charge in [-0.25, -0.2) is 4.39 Å². The number of nitrogens with two attached hydrogens (primary N) is 1. The SMILES string of the molecule is CCC[C@@H](N)c1cccc(F)c1Br. The summed E-state index contributed by atoms with van der Waals surface area (Å²) in [5.74, 6) is -0.246. The molecule has 1 aromatic rings. The van der Waals surface area contributed by atoms with Gasteiger partial charge in [-0.15, -0.1) is 0 Å². The van der Waals surface area contributed by atoms with E-state index >= 15 is 0 Å². The lowest BCUT2D eigenvalue weighted by atomic mass is 10.0. The summed E-state index contributed by atoms with van der Waals surface area (Å²) < 4.78 is 13.6. The molecular weight excluding hydrogens is 233 g/mol. The predicted octanol–water partition coefficient (Wildman–Crippen LogP) is 3.39. The summed E-state index contributed by atoms with van der Waals surface area (Å²) in [6.45, 7) is 2.06. The summed E-state index contributed by atoms with van der Waals surface area (Å²) in [5.41, 5.74) is 6.73. The van der Waals surface area contributed by atoms with Gasteiger partial charge in [-0.2, -0.15) is 0 Å². The van der Waals surface area contributed by atoms with Crippen molar-refractivity contribution in [3.63, 3.8) is 0 Å². The van der Waals surface area contributed by atoms with Gasteiger partial charge in [0, 0.05) is 6.04 Å². The molecule has 0 fully saturated rings. The maximum absolute atomic E-state index is 13.1. The molecule has 0 unspecified atom stereocenters. The fourth-order valence-corrected chi connectivity index (χ4v) is 1.83. The Kier molecular flexibility index (Phi) is 3.88. The fraction of sp³-hybridized carbons (Fsp3) is 0.400. The quantitative estimate of drug-likeness (QED) is 0.869. The first-order valence-corrected chi connectivity index (χ1v) is 5.15. The third kappa shape index (κ3) is 2.51. The molecular formula is C10H13BrFN. The van der Waals surface area contributed by atoms with E-state index in [2.05, 4.69) is 22.9 Å². The highest BCUT2D eigenvalue weighted by Gasteiger charge is 2.11. The molecule has 1 nitrogen and oxygen atoms in total. The predicted molar refractivity (Wildman–Crippen MR) is 55.9 cm³/mol. The van der Waals surface area contributed by atoms with E-state index in [0.717, 1.165) is 18.4 Å². The van der Waals surface area contributed by atoms with Crippen LogP contribution in [-0.2, 0) is 0 Å². The molecule has 72 valence electrons. The van der Waals surface area contributed by atoms with E-state index in [1.807, 2.05) is 6.07 Å². The second-order valence-corrected chi connectivity index (χ2v) is 3.83. The summed E-state index contributed by atoms with van der Waals surface area (Å²) in [4.78, 5) is 0. The van der Waals surface area contributed by atoms with Crippen LogP contribution in [-0.4, -0.2) is 0 Å². The van der Waals surface area contributed by atoms with Crippen molar-refractivity contribution in [3.8, 4) is 0 Å². The summed E-state index contributed by atoms with van der Waals surface area (Å²) in [6, 6.07) is 4.89. The minimum absolute atomic E-state index is 0.0740. The molecule has 1 rings (SSSR count). The minimum atomic E-state index is -0.246. The van der Waals surface area contributed by atoms with Crippen LogP contribution in [0, 0.1) is 5.82 Å². The van der Waals surface area contributed by atoms with Gasteiger partial charge in [0.05, 0.1) is 4.47 Å². The topological polar surface area (TPSA) is 26.0 Å². The minimum Gasteiger partial charge on any atom is -0.324 e. The van der Waals surface area contributed by atoms with Crippen LogP contribution in [0.3, 0.4) is 0 Å². The molecule has 0 saturated carbocycles. The van der Waals surface area contributed by atoms with Gasteiger partial charge in [0.15, 0.2) is 0 Å². The van der Waals surface area contributed by atoms with Crippen molar-refractivity contribution in [1.29, 1.82) is 0 Å². The van der Waals surface area contributed by atoms with Crippen LogP contribution in [0.1, 0.15) is 31.4 Å². The Morgan fingerprint density at radius 3 is 2.85 bits per heavy atom. The molecule has 0 aliphatic carbocycles. The van der Waals surface area contributed by atoms with Crippen LogP contribution in [0.4, 0.5) is 4.39 Å².